The van der Waals surface area contributed by atoms with Crippen LogP contribution in [-0.4, -0.2) is 37.3 Å². The van der Waals surface area contributed by atoms with Crippen molar-refractivity contribution in [3.8, 4) is 0 Å². The van der Waals surface area contributed by atoms with Crippen LogP contribution in [0.4, 0.5) is 5.69 Å². The van der Waals surface area contributed by atoms with Crippen LogP contribution in [0.2, 0.25) is 5.02 Å². The summed E-state index contributed by atoms with van der Waals surface area (Å²) in [4.78, 5) is 15.0. The van der Waals surface area contributed by atoms with Crippen molar-refractivity contribution in [2.45, 2.75) is 25.8 Å². The molecule has 1 saturated heterocycles. The molecule has 1 amide bonds. The van der Waals surface area contributed by atoms with Crippen molar-refractivity contribution in [1.82, 2.24) is 10.7 Å². The van der Waals surface area contributed by atoms with E-state index in [1.54, 1.807) is 0 Å². The predicted molar refractivity (Wildman–Crippen MR) is 92.0 cm³/mol. The summed E-state index contributed by atoms with van der Waals surface area (Å²) >= 11 is 6.19. The topological polar surface area (TPSA) is 56.7 Å². The molecule has 5 nitrogen and oxygen atoms in total. The van der Waals surface area contributed by atoms with Gasteiger partial charge in [0.25, 0.3) is 0 Å². The van der Waals surface area contributed by atoms with Crippen molar-refractivity contribution < 1.29 is 4.79 Å². The summed E-state index contributed by atoms with van der Waals surface area (Å²) in [6.07, 6.45) is 2.34. The number of nitrogens with one attached hydrogen (secondary N) is 2. The normalized spacial score (nSPS) is 29.7. The molecule has 0 bridgehead atoms. The van der Waals surface area contributed by atoms with E-state index in [9.17, 15) is 4.79 Å². The molecule has 3 heterocycles. The molecule has 0 radical (unpaired) electrons. The van der Waals surface area contributed by atoms with E-state index in [4.69, 9.17) is 11.6 Å². The van der Waals surface area contributed by atoms with Gasteiger partial charge in [-0.2, -0.15) is 5.10 Å². The molecule has 3 aliphatic rings. The van der Waals surface area contributed by atoms with Gasteiger partial charge in [0, 0.05) is 17.1 Å². The zero-order chi connectivity index (χ0) is 16.0. The maximum absolute atomic E-state index is 13.1. The third kappa shape index (κ3) is 2.52. The zero-order valence-electron chi connectivity index (χ0n) is 13.2. The minimum absolute atomic E-state index is 0.0246. The number of piperidine rings is 1. The average molecular weight is 333 g/mol. The van der Waals surface area contributed by atoms with Gasteiger partial charge in [-0.05, 0) is 57.0 Å². The Morgan fingerprint density at radius 2 is 2.30 bits per heavy atom. The smallest absolute Gasteiger partial charge is 0.238 e. The number of carbonyl (C=O) groups is 1. The second kappa shape index (κ2) is 5.80. The van der Waals surface area contributed by atoms with Gasteiger partial charge in [-0.1, -0.05) is 11.6 Å². The summed E-state index contributed by atoms with van der Waals surface area (Å²) in [5.41, 5.74) is 5.82. The van der Waals surface area contributed by atoms with Crippen molar-refractivity contribution in [3.05, 3.63) is 28.8 Å². The fourth-order valence-electron chi connectivity index (χ4n) is 3.87. The molecule has 1 aromatic carbocycles. The number of hydrazone groups is 1. The van der Waals surface area contributed by atoms with Crippen molar-refractivity contribution in [3.63, 3.8) is 0 Å². The lowest BCUT2D eigenvalue weighted by molar-refractivity contribution is -0.121. The van der Waals surface area contributed by atoms with Crippen molar-refractivity contribution in [2.75, 3.05) is 24.5 Å². The van der Waals surface area contributed by atoms with Gasteiger partial charge in [-0.15, -0.1) is 0 Å². The molecule has 1 fully saturated rings. The van der Waals surface area contributed by atoms with Gasteiger partial charge in [0.15, 0.2) is 0 Å². The summed E-state index contributed by atoms with van der Waals surface area (Å²) in [5.74, 6) is 0.443. The highest BCUT2D eigenvalue weighted by atomic mass is 35.5. The van der Waals surface area contributed by atoms with Crippen LogP contribution < -0.4 is 15.6 Å². The molecule has 23 heavy (non-hydrogen) atoms. The van der Waals surface area contributed by atoms with Crippen LogP contribution in [0.1, 0.15) is 25.3 Å². The minimum Gasteiger partial charge on any atom is -0.316 e. The number of halogens is 1. The van der Waals surface area contributed by atoms with Crippen LogP contribution in [0.3, 0.4) is 0 Å². The minimum atomic E-state index is -0.211. The van der Waals surface area contributed by atoms with Crippen molar-refractivity contribution in [1.29, 1.82) is 0 Å². The molecule has 3 unspecified atom stereocenters. The Kier molecular flexibility index (Phi) is 3.77. The monoisotopic (exact) mass is 332 g/mol. The van der Waals surface area contributed by atoms with E-state index >= 15 is 0 Å². The molecule has 3 aliphatic heterocycles. The number of benzene rings is 1. The number of rotatable bonds is 2. The van der Waals surface area contributed by atoms with Gasteiger partial charge in [-0.25, -0.2) is 0 Å². The number of hydrogen-bond acceptors (Lipinski definition) is 4. The maximum atomic E-state index is 13.1. The van der Waals surface area contributed by atoms with E-state index in [0.717, 1.165) is 36.6 Å². The van der Waals surface area contributed by atoms with Gasteiger partial charge in [-0.3, -0.25) is 4.79 Å². The SMILES string of the molecule is CC1NN=C2c3cc(Cl)ccc3N(CC3CCCNC3)C(=O)C21. The first kappa shape index (κ1) is 15.0. The van der Waals surface area contributed by atoms with Crippen LogP contribution >= 0.6 is 11.6 Å². The quantitative estimate of drug-likeness (QED) is 0.871. The number of fused-ring (bicyclic) bond motifs is 3. The third-order valence-corrected chi connectivity index (χ3v) is 5.32. The lowest BCUT2D eigenvalue weighted by atomic mass is 9.85. The Morgan fingerprint density at radius 1 is 1.43 bits per heavy atom. The molecule has 0 aliphatic carbocycles. The van der Waals surface area contributed by atoms with Crippen LogP contribution in [0.5, 0.6) is 0 Å². The molecular formula is C17H21ClN4O. The fourth-order valence-corrected chi connectivity index (χ4v) is 4.04. The van der Waals surface area contributed by atoms with Crippen LogP contribution in [-0.2, 0) is 4.79 Å². The molecule has 0 saturated carbocycles. The lowest BCUT2D eigenvalue weighted by Crippen LogP contribution is -2.50. The first-order valence-corrected chi connectivity index (χ1v) is 8.68. The van der Waals surface area contributed by atoms with E-state index < -0.39 is 0 Å². The molecule has 0 spiro atoms. The van der Waals surface area contributed by atoms with Gasteiger partial charge >= 0.3 is 0 Å². The molecule has 0 aromatic heterocycles. The summed E-state index contributed by atoms with van der Waals surface area (Å²) < 4.78 is 0. The maximum Gasteiger partial charge on any atom is 0.238 e. The number of amides is 1. The summed E-state index contributed by atoms with van der Waals surface area (Å²) in [6, 6.07) is 5.76. The predicted octanol–water partition coefficient (Wildman–Crippen LogP) is 2.00. The number of nitrogens with zero attached hydrogens (tertiary/aromatic N) is 2. The fraction of sp³-hybridized carbons (Fsp3) is 0.529. The van der Waals surface area contributed by atoms with Crippen molar-refractivity contribution >= 4 is 28.9 Å². The Hall–Kier alpha value is -1.59. The van der Waals surface area contributed by atoms with Crippen LogP contribution in [0.15, 0.2) is 23.3 Å². The molecule has 6 heteroatoms. The van der Waals surface area contributed by atoms with E-state index in [0.29, 0.717) is 10.9 Å². The Morgan fingerprint density at radius 3 is 3.09 bits per heavy atom. The zero-order valence-corrected chi connectivity index (χ0v) is 13.9. The third-order valence-electron chi connectivity index (χ3n) is 5.08. The van der Waals surface area contributed by atoms with Crippen molar-refractivity contribution in [2.24, 2.45) is 16.9 Å². The van der Waals surface area contributed by atoms with Crippen LogP contribution in [0, 0.1) is 11.8 Å². The Balaban J connectivity index is 1.72. The van der Waals surface area contributed by atoms with E-state index in [2.05, 4.69) is 15.8 Å². The van der Waals surface area contributed by atoms with Gasteiger partial charge in [0.1, 0.15) is 5.92 Å². The van der Waals surface area contributed by atoms with Gasteiger partial charge < -0.3 is 15.6 Å². The van der Waals surface area contributed by atoms with E-state index in [-0.39, 0.29) is 17.9 Å². The summed E-state index contributed by atoms with van der Waals surface area (Å²) in [6.45, 7) is 4.83. The Bertz CT molecular complexity index is 669. The lowest BCUT2D eigenvalue weighted by Gasteiger charge is -2.37. The summed E-state index contributed by atoms with van der Waals surface area (Å²) in [7, 11) is 0. The van der Waals surface area contributed by atoms with E-state index in [1.165, 1.54) is 12.8 Å². The second-order valence-corrected chi connectivity index (χ2v) is 7.15. The highest BCUT2D eigenvalue weighted by Crippen LogP contribution is 2.37. The number of carbonyl (C=O) groups excluding carboxylic acids is 1. The molecule has 122 valence electrons. The molecule has 2 N–H and O–H groups in total. The number of anilines is 1. The molecular weight excluding hydrogens is 312 g/mol. The molecule has 1 aromatic rings. The number of hydrogen-bond donors (Lipinski definition) is 2. The first-order valence-electron chi connectivity index (χ1n) is 8.30. The van der Waals surface area contributed by atoms with Gasteiger partial charge in [0.05, 0.1) is 17.4 Å². The Labute approximate surface area is 141 Å². The molecule has 3 atom stereocenters. The largest absolute Gasteiger partial charge is 0.316 e. The molecule has 4 rings (SSSR count). The average Bonchev–Trinajstić information content (AvgIpc) is 2.95. The first-order chi connectivity index (χ1) is 11.1. The second-order valence-electron chi connectivity index (χ2n) is 6.72. The summed E-state index contributed by atoms with van der Waals surface area (Å²) in [5, 5.41) is 8.51. The highest BCUT2D eigenvalue weighted by molar-refractivity contribution is 6.32. The highest BCUT2D eigenvalue weighted by Gasteiger charge is 2.44. The standard InChI is InChI=1S/C17H21ClN4O/c1-10-15-16(21-20-10)13-7-12(18)4-5-14(13)22(17(15)23)9-11-3-2-6-19-8-11/h4-5,7,10-11,15,19-20H,2-3,6,8-9H2,1H3. The van der Waals surface area contributed by atoms with E-state index in [1.807, 2.05) is 30.0 Å². The van der Waals surface area contributed by atoms with Gasteiger partial charge in [0.2, 0.25) is 5.91 Å². The van der Waals surface area contributed by atoms with Crippen LogP contribution in [0.25, 0.3) is 0 Å².